The standard InChI is InChI=1S/C11H14N4O3/c12-10-1-7-6(3-13-10)14-5-15(7)11-2-8(17)9(4-16)18-11/h1,3,5,8-9,11,16-17H,2,4H2,(H2,12,13)/t8-,9+,11-/m0/s1. The van der Waals surface area contributed by atoms with Crippen molar-refractivity contribution in [3.63, 3.8) is 0 Å². The molecule has 3 rings (SSSR count). The van der Waals surface area contributed by atoms with Crippen molar-refractivity contribution in [1.29, 1.82) is 0 Å². The second-order valence-electron chi connectivity index (χ2n) is 4.36. The highest BCUT2D eigenvalue weighted by atomic mass is 16.5. The number of aromatic nitrogens is 3. The van der Waals surface area contributed by atoms with E-state index in [4.69, 9.17) is 15.6 Å². The Hall–Kier alpha value is -1.70. The van der Waals surface area contributed by atoms with Crippen LogP contribution in [0.4, 0.5) is 5.82 Å². The first-order valence-electron chi connectivity index (χ1n) is 5.71. The summed E-state index contributed by atoms with van der Waals surface area (Å²) in [5.74, 6) is 0.404. The Morgan fingerprint density at radius 2 is 2.33 bits per heavy atom. The van der Waals surface area contributed by atoms with Crippen LogP contribution in [0.2, 0.25) is 0 Å². The van der Waals surface area contributed by atoms with Crippen LogP contribution in [0.3, 0.4) is 0 Å². The number of hydrogen-bond donors (Lipinski definition) is 3. The molecule has 1 aliphatic rings. The average Bonchev–Trinajstić information content (AvgIpc) is 2.91. The van der Waals surface area contributed by atoms with E-state index in [2.05, 4.69) is 9.97 Å². The third kappa shape index (κ3) is 1.72. The molecule has 1 fully saturated rings. The predicted molar refractivity (Wildman–Crippen MR) is 63.6 cm³/mol. The quantitative estimate of drug-likeness (QED) is 0.673. The van der Waals surface area contributed by atoms with Gasteiger partial charge in [-0.3, -0.25) is 0 Å². The van der Waals surface area contributed by atoms with E-state index < -0.39 is 12.2 Å². The second-order valence-corrected chi connectivity index (χ2v) is 4.36. The molecule has 0 unspecified atom stereocenters. The molecular weight excluding hydrogens is 236 g/mol. The number of hydrogen-bond acceptors (Lipinski definition) is 6. The SMILES string of the molecule is Nc1cc2c(cn1)ncn2[C@@H]1C[C@H](O)[C@@H](CO)O1. The third-order valence-electron chi connectivity index (χ3n) is 3.18. The Bertz CT molecular complexity index is 570. The summed E-state index contributed by atoms with van der Waals surface area (Å²) in [5, 5.41) is 18.8. The summed E-state index contributed by atoms with van der Waals surface area (Å²) in [6.45, 7) is -0.200. The number of fused-ring (bicyclic) bond motifs is 1. The Morgan fingerprint density at radius 1 is 1.50 bits per heavy atom. The second kappa shape index (κ2) is 4.20. The molecule has 0 amide bonds. The van der Waals surface area contributed by atoms with Gasteiger partial charge in [0.25, 0.3) is 0 Å². The number of nitrogens with two attached hydrogens (primary N) is 1. The first-order valence-corrected chi connectivity index (χ1v) is 5.71. The van der Waals surface area contributed by atoms with E-state index in [1.807, 2.05) is 0 Å². The number of pyridine rings is 1. The zero-order chi connectivity index (χ0) is 12.7. The van der Waals surface area contributed by atoms with Crippen molar-refractivity contribution < 1.29 is 14.9 Å². The van der Waals surface area contributed by atoms with Crippen molar-refractivity contribution in [3.05, 3.63) is 18.6 Å². The number of aliphatic hydroxyl groups is 2. The van der Waals surface area contributed by atoms with E-state index in [0.29, 0.717) is 12.2 Å². The molecule has 96 valence electrons. The largest absolute Gasteiger partial charge is 0.394 e. The van der Waals surface area contributed by atoms with Crippen LogP contribution in [-0.2, 0) is 4.74 Å². The van der Waals surface area contributed by atoms with Crippen LogP contribution in [0, 0.1) is 0 Å². The fourth-order valence-electron chi connectivity index (χ4n) is 2.23. The minimum absolute atomic E-state index is 0.200. The van der Waals surface area contributed by atoms with E-state index in [1.165, 1.54) is 0 Å². The molecular formula is C11H14N4O3. The first kappa shape index (κ1) is 11.4. The van der Waals surface area contributed by atoms with Gasteiger partial charge >= 0.3 is 0 Å². The molecule has 2 aromatic rings. The van der Waals surface area contributed by atoms with Gasteiger partial charge in [-0.25, -0.2) is 9.97 Å². The minimum atomic E-state index is -0.670. The fourth-order valence-corrected chi connectivity index (χ4v) is 2.23. The van der Waals surface area contributed by atoms with Gasteiger partial charge in [0.05, 0.1) is 30.8 Å². The van der Waals surface area contributed by atoms with E-state index in [-0.39, 0.29) is 12.8 Å². The Morgan fingerprint density at radius 3 is 3.06 bits per heavy atom. The van der Waals surface area contributed by atoms with Crippen LogP contribution in [-0.4, -0.2) is 43.6 Å². The van der Waals surface area contributed by atoms with Crippen molar-refractivity contribution in [2.45, 2.75) is 24.9 Å². The number of ether oxygens (including phenoxy) is 1. The third-order valence-corrected chi connectivity index (χ3v) is 3.18. The zero-order valence-corrected chi connectivity index (χ0v) is 9.60. The number of rotatable bonds is 2. The molecule has 7 nitrogen and oxygen atoms in total. The van der Waals surface area contributed by atoms with Crippen LogP contribution >= 0.6 is 0 Å². The summed E-state index contributed by atoms with van der Waals surface area (Å²) in [5.41, 5.74) is 7.17. The number of nitrogens with zero attached hydrogens (tertiary/aromatic N) is 3. The Kier molecular flexibility index (Phi) is 2.66. The number of imidazole rings is 1. The summed E-state index contributed by atoms with van der Waals surface area (Å²) in [4.78, 5) is 8.17. The van der Waals surface area contributed by atoms with Crippen LogP contribution < -0.4 is 5.73 Å². The van der Waals surface area contributed by atoms with Gasteiger partial charge in [0.15, 0.2) is 0 Å². The summed E-state index contributed by atoms with van der Waals surface area (Å²) in [6.07, 6.45) is 2.07. The van der Waals surface area contributed by atoms with Crippen molar-refractivity contribution >= 4 is 16.9 Å². The topological polar surface area (TPSA) is 106 Å². The summed E-state index contributed by atoms with van der Waals surface area (Å²) in [7, 11) is 0. The molecule has 0 bridgehead atoms. The van der Waals surface area contributed by atoms with Crippen LogP contribution in [0.5, 0.6) is 0 Å². The zero-order valence-electron chi connectivity index (χ0n) is 9.60. The lowest BCUT2D eigenvalue weighted by atomic mass is 10.2. The molecule has 3 atom stereocenters. The van der Waals surface area contributed by atoms with Gasteiger partial charge in [-0.15, -0.1) is 0 Å². The first-order chi connectivity index (χ1) is 8.69. The van der Waals surface area contributed by atoms with E-state index in [9.17, 15) is 5.11 Å². The Balaban J connectivity index is 1.98. The number of nitrogen functional groups attached to an aromatic ring is 1. The molecule has 0 spiro atoms. The summed E-state index contributed by atoms with van der Waals surface area (Å²) < 4.78 is 7.37. The fraction of sp³-hybridized carbons (Fsp3) is 0.455. The number of anilines is 1. The predicted octanol–water partition coefficient (Wildman–Crippen LogP) is -0.346. The average molecular weight is 250 g/mol. The molecule has 0 aliphatic carbocycles. The highest BCUT2D eigenvalue weighted by Gasteiger charge is 2.34. The summed E-state index contributed by atoms with van der Waals surface area (Å²) >= 11 is 0. The van der Waals surface area contributed by atoms with Crippen molar-refractivity contribution in [2.24, 2.45) is 0 Å². The highest BCUT2D eigenvalue weighted by molar-refractivity contribution is 5.76. The van der Waals surface area contributed by atoms with Gasteiger partial charge in [0, 0.05) is 12.5 Å². The molecule has 18 heavy (non-hydrogen) atoms. The van der Waals surface area contributed by atoms with Crippen LogP contribution in [0.15, 0.2) is 18.6 Å². The van der Waals surface area contributed by atoms with Crippen molar-refractivity contribution in [1.82, 2.24) is 14.5 Å². The van der Waals surface area contributed by atoms with Gasteiger partial charge < -0.3 is 25.3 Å². The molecule has 1 aliphatic heterocycles. The molecule has 0 saturated carbocycles. The molecule has 4 N–H and O–H groups in total. The monoisotopic (exact) mass is 250 g/mol. The maximum Gasteiger partial charge on any atom is 0.138 e. The molecule has 2 aromatic heterocycles. The van der Waals surface area contributed by atoms with Gasteiger partial charge in [-0.05, 0) is 0 Å². The van der Waals surface area contributed by atoms with Crippen LogP contribution in [0.1, 0.15) is 12.6 Å². The maximum absolute atomic E-state index is 9.73. The molecule has 0 aromatic carbocycles. The molecule has 7 heteroatoms. The van der Waals surface area contributed by atoms with Gasteiger partial charge in [-0.1, -0.05) is 0 Å². The highest BCUT2D eigenvalue weighted by Crippen LogP contribution is 2.31. The lowest BCUT2D eigenvalue weighted by molar-refractivity contribution is -0.0430. The van der Waals surface area contributed by atoms with Crippen molar-refractivity contribution in [3.8, 4) is 0 Å². The lowest BCUT2D eigenvalue weighted by Crippen LogP contribution is -2.24. The minimum Gasteiger partial charge on any atom is -0.394 e. The normalized spacial score (nSPS) is 28.0. The van der Waals surface area contributed by atoms with E-state index in [1.54, 1.807) is 23.2 Å². The van der Waals surface area contributed by atoms with Gasteiger partial charge in [0.2, 0.25) is 0 Å². The molecule has 1 saturated heterocycles. The van der Waals surface area contributed by atoms with E-state index >= 15 is 0 Å². The smallest absolute Gasteiger partial charge is 0.138 e. The van der Waals surface area contributed by atoms with Gasteiger partial charge in [-0.2, -0.15) is 0 Å². The summed E-state index contributed by atoms with van der Waals surface area (Å²) in [6, 6.07) is 1.71. The van der Waals surface area contributed by atoms with Crippen molar-refractivity contribution in [2.75, 3.05) is 12.3 Å². The Labute approximate surface area is 103 Å². The molecule has 0 radical (unpaired) electrons. The van der Waals surface area contributed by atoms with Crippen LogP contribution in [0.25, 0.3) is 11.0 Å². The lowest BCUT2D eigenvalue weighted by Gasteiger charge is -2.14. The number of aliphatic hydroxyl groups excluding tert-OH is 2. The van der Waals surface area contributed by atoms with Gasteiger partial charge in [0.1, 0.15) is 23.7 Å². The maximum atomic E-state index is 9.73. The van der Waals surface area contributed by atoms with E-state index in [0.717, 1.165) is 11.0 Å². The molecule has 3 heterocycles.